The molecule has 0 aliphatic carbocycles. The van der Waals surface area contributed by atoms with Crippen molar-refractivity contribution in [3.8, 4) is 0 Å². The first kappa shape index (κ1) is 12.6. The first-order valence-electron chi connectivity index (χ1n) is 4.77. The van der Waals surface area contributed by atoms with Gasteiger partial charge in [-0.3, -0.25) is 4.79 Å². The van der Waals surface area contributed by atoms with Crippen molar-refractivity contribution in [3.63, 3.8) is 0 Å². The molecule has 2 N–H and O–H groups in total. The lowest BCUT2D eigenvalue weighted by Crippen LogP contribution is -2.13. The van der Waals surface area contributed by atoms with E-state index < -0.39 is 29.6 Å². The lowest BCUT2D eigenvalue weighted by molar-refractivity contribution is -0.142. The van der Waals surface area contributed by atoms with Crippen LogP contribution >= 0.6 is 0 Å². The molecule has 0 heterocycles. The highest BCUT2D eigenvalue weighted by Crippen LogP contribution is 2.22. The number of carboxylic acids is 1. The molecule has 1 aromatic carbocycles. The first-order valence-corrected chi connectivity index (χ1v) is 4.77. The molecule has 0 amide bonds. The van der Waals surface area contributed by atoms with Gasteiger partial charge in [-0.05, 0) is 24.1 Å². The number of carbonyl (C=O) groups is 1. The highest BCUT2D eigenvalue weighted by molar-refractivity contribution is 5.69. The Balaban J connectivity index is 2.76. The Kier molecular flexibility index (Phi) is 3.95. The molecule has 0 aromatic heterocycles. The quantitative estimate of drug-likeness (QED) is 0.832. The Morgan fingerprint density at radius 1 is 1.38 bits per heavy atom. The van der Waals surface area contributed by atoms with E-state index in [1.807, 2.05) is 0 Å². The predicted molar refractivity (Wildman–Crippen MR) is 52.7 cm³/mol. The van der Waals surface area contributed by atoms with Crippen LogP contribution in [-0.2, 0) is 4.79 Å². The summed E-state index contributed by atoms with van der Waals surface area (Å²) in [5.74, 6) is -3.84. The van der Waals surface area contributed by atoms with Crippen LogP contribution in [0.3, 0.4) is 0 Å². The van der Waals surface area contributed by atoms with Gasteiger partial charge in [0.2, 0.25) is 0 Å². The zero-order valence-electron chi connectivity index (χ0n) is 8.65. The molecule has 1 aromatic rings. The third-order valence-electron chi connectivity index (χ3n) is 2.33. The number of halogens is 2. The van der Waals surface area contributed by atoms with Gasteiger partial charge < -0.3 is 10.2 Å². The second-order valence-corrected chi connectivity index (χ2v) is 3.66. The molecule has 16 heavy (non-hydrogen) atoms. The van der Waals surface area contributed by atoms with Gasteiger partial charge in [0.25, 0.3) is 0 Å². The number of carboxylic acid groups (broad SMARTS) is 1. The third-order valence-corrected chi connectivity index (χ3v) is 2.33. The lowest BCUT2D eigenvalue weighted by Gasteiger charge is -2.13. The van der Waals surface area contributed by atoms with Crippen LogP contribution in [0.4, 0.5) is 8.78 Å². The van der Waals surface area contributed by atoms with Crippen LogP contribution in [0.25, 0.3) is 0 Å². The third kappa shape index (κ3) is 3.00. The van der Waals surface area contributed by atoms with Gasteiger partial charge in [-0.1, -0.05) is 13.0 Å². The second kappa shape index (κ2) is 5.03. The average molecular weight is 230 g/mol. The summed E-state index contributed by atoms with van der Waals surface area (Å²) >= 11 is 0. The molecule has 1 rings (SSSR count). The lowest BCUT2D eigenvalue weighted by atomic mass is 9.98. The normalized spacial score (nSPS) is 14.5. The van der Waals surface area contributed by atoms with Crippen LogP contribution in [0.5, 0.6) is 0 Å². The molecule has 2 atom stereocenters. The summed E-state index contributed by atoms with van der Waals surface area (Å²) in [5, 5.41) is 18.2. The second-order valence-electron chi connectivity index (χ2n) is 3.66. The topological polar surface area (TPSA) is 57.5 Å². The number of rotatable bonds is 4. The maximum Gasteiger partial charge on any atom is 0.306 e. The zero-order valence-corrected chi connectivity index (χ0v) is 8.65. The summed E-state index contributed by atoms with van der Waals surface area (Å²) in [5.41, 5.74) is 0.173. The molecule has 5 heteroatoms. The number of aliphatic hydroxyl groups is 1. The van der Waals surface area contributed by atoms with Crippen molar-refractivity contribution in [2.75, 3.05) is 0 Å². The predicted octanol–water partition coefficient (Wildman–Crippen LogP) is 2.11. The SMILES string of the molecule is CC(CC(O)c1ccc(F)c(F)c1)C(=O)O. The van der Waals surface area contributed by atoms with E-state index in [1.165, 1.54) is 13.0 Å². The molecule has 2 unspecified atom stereocenters. The van der Waals surface area contributed by atoms with Gasteiger partial charge in [-0.15, -0.1) is 0 Å². The van der Waals surface area contributed by atoms with Gasteiger partial charge in [-0.2, -0.15) is 0 Å². The molecule has 3 nitrogen and oxygen atoms in total. The molecular formula is C11H12F2O3. The molecule has 0 spiro atoms. The maximum atomic E-state index is 12.8. The van der Waals surface area contributed by atoms with Gasteiger partial charge in [-0.25, -0.2) is 8.78 Å². The van der Waals surface area contributed by atoms with E-state index in [2.05, 4.69) is 0 Å². The Hall–Kier alpha value is -1.49. The summed E-state index contributed by atoms with van der Waals surface area (Å²) in [6.07, 6.45) is -1.15. The minimum Gasteiger partial charge on any atom is -0.481 e. The van der Waals surface area contributed by atoms with Crippen molar-refractivity contribution < 1.29 is 23.8 Å². The Morgan fingerprint density at radius 2 is 2.00 bits per heavy atom. The molecule has 0 saturated carbocycles. The fourth-order valence-electron chi connectivity index (χ4n) is 1.29. The molecule has 0 fully saturated rings. The smallest absolute Gasteiger partial charge is 0.306 e. The van der Waals surface area contributed by atoms with Gasteiger partial charge >= 0.3 is 5.97 Å². The van der Waals surface area contributed by atoms with E-state index >= 15 is 0 Å². The van der Waals surface area contributed by atoms with E-state index in [4.69, 9.17) is 5.11 Å². The van der Waals surface area contributed by atoms with Crippen molar-refractivity contribution in [2.45, 2.75) is 19.4 Å². The Morgan fingerprint density at radius 3 is 2.50 bits per heavy atom. The summed E-state index contributed by atoms with van der Waals surface area (Å²) in [6, 6.07) is 3.01. The van der Waals surface area contributed by atoms with Crippen LogP contribution in [0, 0.1) is 17.6 Å². The Labute approximate surface area is 91.3 Å². The van der Waals surface area contributed by atoms with E-state index in [0.29, 0.717) is 0 Å². The van der Waals surface area contributed by atoms with Crippen LogP contribution in [-0.4, -0.2) is 16.2 Å². The Bertz CT molecular complexity index is 393. The van der Waals surface area contributed by atoms with Gasteiger partial charge in [0, 0.05) is 0 Å². The van der Waals surface area contributed by atoms with E-state index in [1.54, 1.807) is 0 Å². The molecule has 0 saturated heterocycles. The first-order chi connectivity index (χ1) is 7.41. The van der Waals surface area contributed by atoms with Gasteiger partial charge in [0.15, 0.2) is 11.6 Å². The largest absolute Gasteiger partial charge is 0.481 e. The van der Waals surface area contributed by atoms with Crippen molar-refractivity contribution in [3.05, 3.63) is 35.4 Å². The number of benzene rings is 1. The van der Waals surface area contributed by atoms with E-state index in [-0.39, 0.29) is 12.0 Å². The standard InChI is InChI=1S/C11H12F2O3/c1-6(11(15)16)4-10(14)7-2-3-8(12)9(13)5-7/h2-3,5-6,10,14H,4H2,1H3,(H,15,16). The fraction of sp³-hybridized carbons (Fsp3) is 0.364. The van der Waals surface area contributed by atoms with Crippen molar-refractivity contribution in [1.29, 1.82) is 0 Å². The van der Waals surface area contributed by atoms with Crippen LogP contribution in [0.2, 0.25) is 0 Å². The minimum atomic E-state index is -1.11. The monoisotopic (exact) mass is 230 g/mol. The summed E-state index contributed by atoms with van der Waals surface area (Å²) in [6.45, 7) is 1.44. The molecule has 0 aliphatic heterocycles. The average Bonchev–Trinajstić information content (AvgIpc) is 2.21. The summed E-state index contributed by atoms with van der Waals surface area (Å²) < 4.78 is 25.4. The zero-order chi connectivity index (χ0) is 12.3. The van der Waals surface area contributed by atoms with Crippen molar-refractivity contribution >= 4 is 5.97 Å². The van der Waals surface area contributed by atoms with E-state index in [9.17, 15) is 18.7 Å². The van der Waals surface area contributed by atoms with Gasteiger partial charge in [0.1, 0.15) is 0 Å². The minimum absolute atomic E-state index is 0.0413. The van der Waals surface area contributed by atoms with Crippen molar-refractivity contribution in [2.24, 2.45) is 5.92 Å². The van der Waals surface area contributed by atoms with Gasteiger partial charge in [0.05, 0.1) is 12.0 Å². The van der Waals surface area contributed by atoms with Crippen LogP contribution < -0.4 is 0 Å². The molecule has 0 aliphatic rings. The maximum absolute atomic E-state index is 12.8. The number of hydrogen-bond acceptors (Lipinski definition) is 2. The van der Waals surface area contributed by atoms with Crippen LogP contribution in [0.15, 0.2) is 18.2 Å². The highest BCUT2D eigenvalue weighted by atomic mass is 19.2. The number of hydrogen-bond donors (Lipinski definition) is 2. The number of aliphatic hydroxyl groups excluding tert-OH is 1. The van der Waals surface area contributed by atoms with Crippen molar-refractivity contribution in [1.82, 2.24) is 0 Å². The van der Waals surface area contributed by atoms with E-state index in [0.717, 1.165) is 12.1 Å². The number of aliphatic carboxylic acids is 1. The fourth-order valence-corrected chi connectivity index (χ4v) is 1.29. The molecule has 0 bridgehead atoms. The highest BCUT2D eigenvalue weighted by Gasteiger charge is 2.18. The molecule has 0 radical (unpaired) electrons. The molecule has 88 valence electrons. The molecular weight excluding hydrogens is 218 g/mol. The summed E-state index contributed by atoms with van der Waals surface area (Å²) in [4.78, 5) is 10.5. The van der Waals surface area contributed by atoms with Crippen LogP contribution in [0.1, 0.15) is 25.0 Å². The summed E-state index contributed by atoms with van der Waals surface area (Å²) in [7, 11) is 0.